The van der Waals surface area contributed by atoms with Gasteiger partial charge in [-0.25, -0.2) is 9.18 Å². The van der Waals surface area contributed by atoms with Gasteiger partial charge in [0.25, 0.3) is 8.32 Å². The first-order valence-corrected chi connectivity index (χ1v) is 25.3. The maximum absolute atomic E-state index is 15.9. The van der Waals surface area contributed by atoms with E-state index in [4.69, 9.17) is 23.1 Å². The van der Waals surface area contributed by atoms with Crippen LogP contribution in [0.4, 0.5) is 9.18 Å². The van der Waals surface area contributed by atoms with Gasteiger partial charge < -0.3 is 28.0 Å². The highest BCUT2D eigenvalue weighted by Crippen LogP contribution is 2.45. The van der Waals surface area contributed by atoms with Crippen molar-refractivity contribution in [2.75, 3.05) is 19.7 Å². The minimum atomic E-state index is -2.29. The molecular weight excluding hydrogens is 738 g/mol. The number of hydrogen-bond donors (Lipinski definition) is 0. The zero-order valence-electron chi connectivity index (χ0n) is 36.5. The lowest BCUT2D eigenvalue weighted by atomic mass is 10.0. The minimum absolute atomic E-state index is 0.00504. The van der Waals surface area contributed by atoms with Crippen LogP contribution in [-0.4, -0.2) is 65.1 Å². The van der Waals surface area contributed by atoms with Crippen molar-refractivity contribution in [3.05, 3.63) is 89.8 Å². The van der Waals surface area contributed by atoms with Crippen molar-refractivity contribution in [2.24, 2.45) is 0 Å². The maximum atomic E-state index is 15.9. The van der Waals surface area contributed by atoms with E-state index in [-0.39, 0.29) is 23.6 Å². The third-order valence-corrected chi connectivity index (χ3v) is 21.7. The van der Waals surface area contributed by atoms with Crippen molar-refractivity contribution in [3.8, 4) is 11.5 Å². The first kappa shape index (κ1) is 45.3. The van der Waals surface area contributed by atoms with Gasteiger partial charge in [-0.05, 0) is 78.6 Å². The molecule has 1 aliphatic heterocycles. The van der Waals surface area contributed by atoms with Gasteiger partial charge in [0, 0.05) is 17.0 Å². The van der Waals surface area contributed by atoms with Crippen LogP contribution in [0, 0.1) is 5.82 Å². The van der Waals surface area contributed by atoms with E-state index in [0.717, 1.165) is 16.7 Å². The molecule has 0 aromatic heterocycles. The van der Waals surface area contributed by atoms with E-state index in [1.165, 1.54) is 6.07 Å². The van der Waals surface area contributed by atoms with Gasteiger partial charge in [-0.1, -0.05) is 123 Å². The van der Waals surface area contributed by atoms with Gasteiger partial charge in [-0.3, -0.25) is 0 Å². The van der Waals surface area contributed by atoms with Gasteiger partial charge in [-0.15, -0.1) is 0 Å². The molecule has 2 atom stereocenters. The lowest BCUT2D eigenvalue weighted by Crippen LogP contribution is -2.50. The Morgan fingerprint density at radius 1 is 0.875 bits per heavy atom. The molecule has 0 N–H and O–H groups in total. The van der Waals surface area contributed by atoms with Crippen molar-refractivity contribution in [1.82, 2.24) is 4.90 Å². The molecule has 1 amide bonds. The van der Waals surface area contributed by atoms with Gasteiger partial charge >= 0.3 is 6.09 Å². The second kappa shape index (κ2) is 18.4. The largest absolute Gasteiger partial charge is 0.543 e. The summed E-state index contributed by atoms with van der Waals surface area (Å²) in [7, 11) is -4.43. The fourth-order valence-corrected chi connectivity index (χ4v) is 14.0. The number of benzene rings is 3. The number of rotatable bonds is 14. The molecule has 3 aromatic rings. The molecule has 1 heterocycles. The van der Waals surface area contributed by atoms with E-state index >= 15 is 4.39 Å². The SMILES string of the molecule is CC(C)[Si](Oc1cc(OCc2ccccc2)c2c(/C=C/CO[C@@H]3C=C[C@H](O[Si](C)(C)C(C)(C)C)CN(C(=O)OC(C)(C)C)C3)c(F)ccc2c1)(C(C)C)C(C)C. The molecule has 0 saturated heterocycles. The highest BCUT2D eigenvalue weighted by Gasteiger charge is 2.47. The molecular formula is C46H68FNO6Si2. The molecule has 0 radical (unpaired) electrons. The third kappa shape index (κ3) is 11.4. The van der Waals surface area contributed by atoms with E-state index < -0.39 is 34.4 Å². The Labute approximate surface area is 338 Å². The first-order valence-electron chi connectivity index (χ1n) is 20.3. The zero-order chi connectivity index (χ0) is 41.6. The Morgan fingerprint density at radius 2 is 1.48 bits per heavy atom. The van der Waals surface area contributed by atoms with E-state index in [9.17, 15) is 4.79 Å². The molecule has 0 aliphatic carbocycles. The Morgan fingerprint density at radius 3 is 2.07 bits per heavy atom. The number of fused-ring (bicyclic) bond motifs is 1. The van der Waals surface area contributed by atoms with Crippen molar-refractivity contribution >= 4 is 39.6 Å². The summed E-state index contributed by atoms with van der Waals surface area (Å²) < 4.78 is 48.3. The number of carbonyl (C=O) groups is 1. The minimum Gasteiger partial charge on any atom is -0.543 e. The van der Waals surface area contributed by atoms with E-state index in [0.29, 0.717) is 53.0 Å². The Kier molecular flexibility index (Phi) is 14.9. The lowest BCUT2D eigenvalue weighted by Gasteiger charge is -2.42. The van der Waals surface area contributed by atoms with Crippen LogP contribution in [0.2, 0.25) is 34.8 Å². The summed E-state index contributed by atoms with van der Waals surface area (Å²) in [6.07, 6.45) is 6.43. The molecule has 0 saturated carbocycles. The van der Waals surface area contributed by atoms with Gasteiger partial charge in [0.2, 0.25) is 0 Å². The fourth-order valence-electron chi connectivity index (χ4n) is 7.47. The highest BCUT2D eigenvalue weighted by atomic mass is 28.4. The van der Waals surface area contributed by atoms with Crippen LogP contribution < -0.4 is 9.16 Å². The van der Waals surface area contributed by atoms with Crippen molar-refractivity contribution in [2.45, 2.75) is 142 Å². The molecule has 56 heavy (non-hydrogen) atoms. The van der Waals surface area contributed by atoms with E-state index in [2.05, 4.69) is 75.4 Å². The maximum Gasteiger partial charge on any atom is 0.410 e. The summed E-state index contributed by atoms with van der Waals surface area (Å²) in [6.45, 7) is 31.4. The van der Waals surface area contributed by atoms with Crippen LogP contribution in [0.15, 0.2) is 72.8 Å². The summed E-state index contributed by atoms with van der Waals surface area (Å²) in [5.74, 6) is 0.949. The average molecular weight is 806 g/mol. The molecule has 0 spiro atoms. The van der Waals surface area contributed by atoms with Gasteiger partial charge in [0.05, 0.1) is 31.9 Å². The summed E-state index contributed by atoms with van der Waals surface area (Å²) in [4.78, 5) is 15.0. The predicted octanol–water partition coefficient (Wildman–Crippen LogP) is 12.7. The molecule has 0 unspecified atom stereocenters. The number of halogens is 1. The smallest absolute Gasteiger partial charge is 0.410 e. The van der Waals surface area contributed by atoms with Crippen LogP contribution in [0.3, 0.4) is 0 Å². The molecule has 0 bridgehead atoms. The Hall–Kier alpha value is -3.45. The van der Waals surface area contributed by atoms with E-state index in [1.807, 2.05) is 81.5 Å². The molecule has 10 heteroatoms. The zero-order valence-corrected chi connectivity index (χ0v) is 38.5. The monoisotopic (exact) mass is 805 g/mol. The molecule has 308 valence electrons. The summed E-state index contributed by atoms with van der Waals surface area (Å²) >= 11 is 0. The molecule has 1 aliphatic rings. The molecule has 0 fully saturated rings. The van der Waals surface area contributed by atoms with Gasteiger partial charge in [0.1, 0.15) is 29.5 Å². The first-order chi connectivity index (χ1) is 26.0. The van der Waals surface area contributed by atoms with Crippen LogP contribution in [0.5, 0.6) is 11.5 Å². The van der Waals surface area contributed by atoms with Crippen molar-refractivity contribution < 1.29 is 32.2 Å². The van der Waals surface area contributed by atoms with Crippen molar-refractivity contribution in [1.29, 1.82) is 0 Å². The number of ether oxygens (including phenoxy) is 3. The van der Waals surface area contributed by atoms with Crippen LogP contribution in [-0.2, 0) is 20.5 Å². The average Bonchev–Trinajstić information content (AvgIpc) is 3.29. The standard InChI is InChI=1S/C46H68FNO6Si2/c1-32(2)56(33(3)4,34(5)6)54-39-27-36-22-25-41(47)40(43(36)42(28-39)51-31-35-19-16-15-17-20-35)21-18-26-50-37-23-24-38(53-55(13,14)46(10,11)12)30-48(29-37)44(49)52-45(7,8)9/h15-25,27-28,32-34,37-38H,26,29-31H2,1-14H3/b21-18+/t37-,38+/m1/s1. The number of hydrogen-bond acceptors (Lipinski definition) is 6. The quantitative estimate of drug-likeness (QED) is 0.119. The van der Waals surface area contributed by atoms with Gasteiger partial charge in [0.15, 0.2) is 8.32 Å². The predicted molar refractivity (Wildman–Crippen MR) is 234 cm³/mol. The molecule has 3 aromatic carbocycles. The van der Waals surface area contributed by atoms with Crippen LogP contribution in [0.1, 0.15) is 94.2 Å². The Balaban J connectivity index is 1.66. The summed E-state index contributed by atoms with van der Waals surface area (Å²) in [5.41, 5.74) is 1.93. The third-order valence-electron chi connectivity index (χ3n) is 11.2. The number of nitrogens with zero attached hydrogens (tertiary/aromatic N) is 1. The lowest BCUT2D eigenvalue weighted by molar-refractivity contribution is 0.00731. The summed E-state index contributed by atoms with van der Waals surface area (Å²) in [5, 5.41) is 1.51. The number of carbonyl (C=O) groups excluding carboxylic acids is 1. The second-order valence-electron chi connectivity index (χ2n) is 18.6. The second-order valence-corrected chi connectivity index (χ2v) is 28.8. The van der Waals surface area contributed by atoms with Gasteiger partial charge in [-0.2, -0.15) is 0 Å². The fraction of sp³-hybridized carbons (Fsp3) is 0.543. The Bertz CT molecular complexity index is 1810. The molecule has 4 rings (SSSR count). The van der Waals surface area contributed by atoms with Crippen molar-refractivity contribution in [3.63, 3.8) is 0 Å². The normalized spacial score (nSPS) is 17.4. The van der Waals surface area contributed by atoms with Crippen LogP contribution in [0.25, 0.3) is 16.8 Å². The summed E-state index contributed by atoms with van der Waals surface area (Å²) in [6, 6.07) is 17.2. The topological polar surface area (TPSA) is 66.5 Å². The highest BCUT2D eigenvalue weighted by molar-refractivity contribution is 6.78. The van der Waals surface area contributed by atoms with E-state index in [1.54, 1.807) is 17.0 Å². The number of amides is 1. The van der Waals surface area contributed by atoms with Crippen LogP contribution >= 0.6 is 0 Å². The molecule has 7 nitrogen and oxygen atoms in total.